The predicted molar refractivity (Wildman–Crippen MR) is 52.9 cm³/mol. The molecule has 1 atom stereocenters. The summed E-state index contributed by atoms with van der Waals surface area (Å²) in [6, 6.07) is 3.29. The highest BCUT2D eigenvalue weighted by Crippen LogP contribution is 2.20. The molecule has 0 spiro atoms. The van der Waals surface area contributed by atoms with Gasteiger partial charge in [-0.25, -0.2) is 0 Å². The lowest BCUT2D eigenvalue weighted by atomic mass is 10.0. The minimum absolute atomic E-state index is 0.226. The zero-order valence-corrected chi connectivity index (χ0v) is 8.14. The van der Waals surface area contributed by atoms with Crippen LogP contribution in [0.2, 0.25) is 0 Å². The quantitative estimate of drug-likeness (QED) is 0.708. The SMILES string of the molecule is COc1ccc(C(N)C(=O)O)c(C=O)c1. The summed E-state index contributed by atoms with van der Waals surface area (Å²) >= 11 is 0. The van der Waals surface area contributed by atoms with Gasteiger partial charge in [0.1, 0.15) is 11.8 Å². The van der Waals surface area contributed by atoms with Gasteiger partial charge < -0.3 is 15.6 Å². The number of carboxylic acids is 1. The first kappa shape index (κ1) is 11.2. The number of nitrogens with two attached hydrogens (primary N) is 1. The Hall–Kier alpha value is -1.88. The zero-order chi connectivity index (χ0) is 11.4. The van der Waals surface area contributed by atoms with Crippen LogP contribution in [0, 0.1) is 0 Å². The van der Waals surface area contributed by atoms with Crippen LogP contribution in [-0.4, -0.2) is 24.5 Å². The molecule has 0 aliphatic carbocycles. The summed E-state index contributed by atoms with van der Waals surface area (Å²) in [5.74, 6) is -0.693. The van der Waals surface area contributed by atoms with Gasteiger partial charge in [0.15, 0.2) is 6.29 Å². The van der Waals surface area contributed by atoms with Crippen molar-refractivity contribution in [3.63, 3.8) is 0 Å². The smallest absolute Gasteiger partial charge is 0.325 e. The second-order valence-corrected chi connectivity index (χ2v) is 2.93. The van der Waals surface area contributed by atoms with Crippen LogP contribution in [0.1, 0.15) is 22.0 Å². The first-order chi connectivity index (χ1) is 7.10. The monoisotopic (exact) mass is 209 g/mol. The summed E-state index contributed by atoms with van der Waals surface area (Å²) < 4.78 is 4.90. The van der Waals surface area contributed by atoms with Crippen molar-refractivity contribution < 1.29 is 19.4 Å². The van der Waals surface area contributed by atoms with Crippen molar-refractivity contribution in [1.29, 1.82) is 0 Å². The fraction of sp³-hybridized carbons (Fsp3) is 0.200. The number of benzene rings is 1. The molecule has 15 heavy (non-hydrogen) atoms. The molecule has 0 fully saturated rings. The second kappa shape index (κ2) is 4.56. The van der Waals surface area contributed by atoms with Crippen LogP contribution in [0.25, 0.3) is 0 Å². The van der Waals surface area contributed by atoms with E-state index in [9.17, 15) is 9.59 Å². The van der Waals surface area contributed by atoms with Crippen molar-refractivity contribution in [2.24, 2.45) is 5.73 Å². The Morgan fingerprint density at radius 1 is 1.60 bits per heavy atom. The highest BCUT2D eigenvalue weighted by atomic mass is 16.5. The predicted octanol–water partition coefficient (Wildman–Crippen LogP) is 0.592. The first-order valence-electron chi connectivity index (χ1n) is 4.21. The van der Waals surface area contributed by atoms with E-state index in [0.717, 1.165) is 0 Å². The fourth-order valence-electron chi connectivity index (χ4n) is 1.20. The number of hydrogen-bond donors (Lipinski definition) is 2. The van der Waals surface area contributed by atoms with Gasteiger partial charge in [-0.15, -0.1) is 0 Å². The highest BCUT2D eigenvalue weighted by molar-refractivity contribution is 5.84. The van der Waals surface area contributed by atoms with Crippen molar-refractivity contribution in [3.05, 3.63) is 29.3 Å². The van der Waals surface area contributed by atoms with Gasteiger partial charge >= 0.3 is 5.97 Å². The van der Waals surface area contributed by atoms with Crippen molar-refractivity contribution >= 4 is 12.3 Å². The Kier molecular flexibility index (Phi) is 3.41. The molecular weight excluding hydrogens is 198 g/mol. The minimum Gasteiger partial charge on any atom is -0.497 e. The minimum atomic E-state index is -1.20. The summed E-state index contributed by atoms with van der Waals surface area (Å²) in [5, 5.41) is 8.71. The lowest BCUT2D eigenvalue weighted by molar-refractivity contribution is -0.138. The third-order valence-corrected chi connectivity index (χ3v) is 2.02. The zero-order valence-electron chi connectivity index (χ0n) is 8.14. The number of methoxy groups -OCH3 is 1. The second-order valence-electron chi connectivity index (χ2n) is 2.93. The molecule has 0 saturated heterocycles. The molecule has 0 radical (unpaired) electrons. The van der Waals surface area contributed by atoms with Gasteiger partial charge in [-0.3, -0.25) is 9.59 Å². The van der Waals surface area contributed by atoms with E-state index in [2.05, 4.69) is 0 Å². The van der Waals surface area contributed by atoms with Gasteiger partial charge in [0.25, 0.3) is 0 Å². The number of ether oxygens (including phenoxy) is 1. The third-order valence-electron chi connectivity index (χ3n) is 2.02. The molecule has 0 aliphatic heterocycles. The molecule has 1 aromatic carbocycles. The average molecular weight is 209 g/mol. The topological polar surface area (TPSA) is 89.6 Å². The summed E-state index contributed by atoms with van der Waals surface area (Å²) in [4.78, 5) is 21.4. The summed E-state index contributed by atoms with van der Waals surface area (Å²) in [7, 11) is 1.46. The van der Waals surface area contributed by atoms with Crippen LogP contribution in [0.5, 0.6) is 5.75 Å². The van der Waals surface area contributed by atoms with E-state index in [-0.39, 0.29) is 11.1 Å². The number of rotatable bonds is 4. The Balaban J connectivity index is 3.18. The molecule has 0 aromatic heterocycles. The molecule has 0 heterocycles. The van der Waals surface area contributed by atoms with Gasteiger partial charge in [-0.05, 0) is 17.7 Å². The van der Waals surface area contributed by atoms with Crippen LogP contribution in [0.3, 0.4) is 0 Å². The van der Waals surface area contributed by atoms with Crippen molar-refractivity contribution in [2.45, 2.75) is 6.04 Å². The molecular formula is C10H11NO4. The Bertz CT molecular complexity index is 389. The van der Waals surface area contributed by atoms with E-state index in [1.807, 2.05) is 0 Å². The van der Waals surface area contributed by atoms with Gasteiger partial charge in [0, 0.05) is 5.56 Å². The summed E-state index contributed by atoms with van der Waals surface area (Å²) in [6.45, 7) is 0. The van der Waals surface area contributed by atoms with Crippen LogP contribution in [0.4, 0.5) is 0 Å². The van der Waals surface area contributed by atoms with E-state index in [0.29, 0.717) is 12.0 Å². The molecule has 0 saturated carbocycles. The van der Waals surface area contributed by atoms with Crippen LogP contribution in [0.15, 0.2) is 18.2 Å². The maximum Gasteiger partial charge on any atom is 0.325 e. The molecule has 3 N–H and O–H groups in total. The number of aliphatic carboxylic acids is 1. The standard InChI is InChI=1S/C10H11NO4/c1-15-7-2-3-8(6(4-7)5-12)9(11)10(13)14/h2-5,9H,11H2,1H3,(H,13,14). The molecule has 80 valence electrons. The molecule has 0 aliphatic rings. The third kappa shape index (κ3) is 2.32. The number of aldehydes is 1. The summed E-state index contributed by atoms with van der Waals surface area (Å²) in [5.41, 5.74) is 5.91. The van der Waals surface area contributed by atoms with Crippen molar-refractivity contribution in [2.75, 3.05) is 7.11 Å². The van der Waals surface area contributed by atoms with Gasteiger partial charge in [-0.2, -0.15) is 0 Å². The first-order valence-corrected chi connectivity index (χ1v) is 4.21. The van der Waals surface area contributed by atoms with Crippen molar-refractivity contribution in [1.82, 2.24) is 0 Å². The van der Waals surface area contributed by atoms with Gasteiger partial charge in [-0.1, -0.05) is 6.07 Å². The lowest BCUT2D eigenvalue weighted by Crippen LogP contribution is -2.22. The number of carbonyl (C=O) groups is 2. The highest BCUT2D eigenvalue weighted by Gasteiger charge is 2.18. The molecule has 1 unspecified atom stereocenters. The Morgan fingerprint density at radius 3 is 2.73 bits per heavy atom. The molecule has 0 bridgehead atoms. The maximum absolute atomic E-state index is 10.7. The number of carboxylic acid groups (broad SMARTS) is 1. The number of hydrogen-bond acceptors (Lipinski definition) is 4. The maximum atomic E-state index is 10.7. The fourth-order valence-corrected chi connectivity index (χ4v) is 1.20. The molecule has 1 rings (SSSR count). The van der Waals surface area contributed by atoms with E-state index >= 15 is 0 Å². The van der Waals surface area contributed by atoms with Gasteiger partial charge in [0.2, 0.25) is 0 Å². The normalized spacial score (nSPS) is 11.9. The van der Waals surface area contributed by atoms with E-state index in [4.69, 9.17) is 15.6 Å². The molecule has 1 aromatic rings. The van der Waals surface area contributed by atoms with Crippen LogP contribution in [-0.2, 0) is 4.79 Å². The van der Waals surface area contributed by atoms with Crippen LogP contribution < -0.4 is 10.5 Å². The molecule has 5 heteroatoms. The van der Waals surface area contributed by atoms with Crippen molar-refractivity contribution in [3.8, 4) is 5.75 Å². The van der Waals surface area contributed by atoms with Crippen LogP contribution >= 0.6 is 0 Å². The van der Waals surface area contributed by atoms with E-state index < -0.39 is 12.0 Å². The average Bonchev–Trinajstić information content (AvgIpc) is 2.27. The van der Waals surface area contributed by atoms with Gasteiger partial charge in [0.05, 0.1) is 7.11 Å². The molecule has 0 amide bonds. The van der Waals surface area contributed by atoms with E-state index in [1.165, 1.54) is 19.2 Å². The lowest BCUT2D eigenvalue weighted by Gasteiger charge is -2.10. The molecule has 5 nitrogen and oxygen atoms in total. The Morgan fingerprint density at radius 2 is 2.27 bits per heavy atom. The summed E-state index contributed by atoms with van der Waals surface area (Å²) in [6.07, 6.45) is 0.556. The van der Waals surface area contributed by atoms with E-state index in [1.54, 1.807) is 6.07 Å². The number of carbonyl (C=O) groups excluding carboxylic acids is 1. The Labute approximate surface area is 86.5 Å². The largest absolute Gasteiger partial charge is 0.497 e.